The molecular formula is C29H29NO4S. The van der Waals surface area contributed by atoms with Crippen LogP contribution in [0.2, 0.25) is 0 Å². The summed E-state index contributed by atoms with van der Waals surface area (Å²) < 4.78 is 4.52. The highest BCUT2D eigenvalue weighted by atomic mass is 32.2. The van der Waals surface area contributed by atoms with Gasteiger partial charge in [-0.1, -0.05) is 104 Å². The smallest absolute Gasteiger partial charge is 0.325 e. The molecule has 1 saturated heterocycles. The van der Waals surface area contributed by atoms with Crippen molar-refractivity contribution in [1.82, 2.24) is 4.90 Å². The van der Waals surface area contributed by atoms with Gasteiger partial charge in [-0.3, -0.25) is 9.59 Å². The predicted octanol–water partition coefficient (Wildman–Crippen LogP) is 4.61. The minimum Gasteiger partial charge on any atom is -0.460 e. The van der Waals surface area contributed by atoms with Gasteiger partial charge in [0.1, 0.15) is 13.2 Å². The van der Waals surface area contributed by atoms with Crippen LogP contribution in [0.25, 0.3) is 0 Å². The second kappa shape index (κ2) is 11.4. The molecule has 2 atom stereocenters. The van der Waals surface area contributed by atoms with Gasteiger partial charge in [0.05, 0.1) is 16.0 Å². The third-order valence-corrected chi connectivity index (χ3v) is 8.08. The average molecular weight is 488 g/mol. The van der Waals surface area contributed by atoms with Crippen molar-refractivity contribution < 1.29 is 19.4 Å². The molecule has 180 valence electrons. The number of likely N-dealkylation sites (tertiary alicyclic amines) is 1. The lowest BCUT2D eigenvalue weighted by atomic mass is 9.84. The van der Waals surface area contributed by atoms with Crippen LogP contribution in [0.4, 0.5) is 0 Å². The second-order valence-corrected chi connectivity index (χ2v) is 9.68. The van der Waals surface area contributed by atoms with Crippen LogP contribution in [0.1, 0.15) is 23.1 Å². The van der Waals surface area contributed by atoms with Gasteiger partial charge in [-0.2, -0.15) is 0 Å². The van der Waals surface area contributed by atoms with Gasteiger partial charge in [0, 0.05) is 6.61 Å². The summed E-state index contributed by atoms with van der Waals surface area (Å²) in [7, 11) is 0. The van der Waals surface area contributed by atoms with Gasteiger partial charge >= 0.3 is 5.97 Å². The molecule has 1 N–H and O–H groups in total. The number of hydrogen-bond donors (Lipinski definition) is 1. The molecule has 4 rings (SSSR count). The molecular weight excluding hydrogens is 458 g/mol. The Hall–Kier alpha value is -3.35. The minimum atomic E-state index is -0.647. The monoisotopic (exact) mass is 487 g/mol. The van der Waals surface area contributed by atoms with E-state index in [1.54, 1.807) is 16.7 Å². The summed E-state index contributed by atoms with van der Waals surface area (Å²) in [6.07, 6.45) is 1.84. The van der Waals surface area contributed by atoms with E-state index in [2.05, 4.69) is 43.0 Å². The second-order valence-electron chi connectivity index (χ2n) is 8.34. The first-order valence-corrected chi connectivity index (χ1v) is 12.5. The highest BCUT2D eigenvalue weighted by Gasteiger charge is 2.52. The standard InChI is InChI=1S/C29H29NO4S/c1-2-20-34-26(32)21-30-27(33)25(18-19-31)28(30)35-29(22-12-6-3-7-13-22,23-14-8-4-9-15-23)24-16-10-5-11-17-24/h2-17,25,28,31H,1,18-21H2/t25-,28+/m0/s1. The van der Waals surface area contributed by atoms with Gasteiger partial charge < -0.3 is 14.7 Å². The lowest BCUT2D eigenvalue weighted by Gasteiger charge is -2.50. The number of thioether (sulfide) groups is 1. The first-order chi connectivity index (χ1) is 17.1. The van der Waals surface area contributed by atoms with Crippen molar-refractivity contribution in [3.05, 3.63) is 120 Å². The fourth-order valence-corrected chi connectivity index (χ4v) is 6.46. The molecule has 6 heteroatoms. The minimum absolute atomic E-state index is 0.0979. The van der Waals surface area contributed by atoms with Crippen molar-refractivity contribution in [2.45, 2.75) is 16.5 Å². The highest BCUT2D eigenvalue weighted by Crippen LogP contribution is 2.54. The molecule has 3 aromatic rings. The van der Waals surface area contributed by atoms with E-state index >= 15 is 0 Å². The van der Waals surface area contributed by atoms with Crippen LogP contribution in [0.5, 0.6) is 0 Å². The lowest BCUT2D eigenvalue weighted by molar-refractivity contribution is -0.160. The third-order valence-electron chi connectivity index (χ3n) is 6.19. The van der Waals surface area contributed by atoms with E-state index in [0.717, 1.165) is 16.7 Å². The summed E-state index contributed by atoms with van der Waals surface area (Å²) in [5.41, 5.74) is 3.20. The molecule has 0 aliphatic carbocycles. The summed E-state index contributed by atoms with van der Waals surface area (Å²) in [4.78, 5) is 27.0. The molecule has 3 aromatic carbocycles. The van der Waals surface area contributed by atoms with Crippen molar-refractivity contribution in [3.63, 3.8) is 0 Å². The zero-order valence-electron chi connectivity index (χ0n) is 19.5. The number of aliphatic hydroxyl groups is 1. The quantitative estimate of drug-likeness (QED) is 0.185. The van der Waals surface area contributed by atoms with Crippen molar-refractivity contribution in [3.8, 4) is 0 Å². The van der Waals surface area contributed by atoms with E-state index in [4.69, 9.17) is 4.74 Å². The maximum absolute atomic E-state index is 13.0. The van der Waals surface area contributed by atoms with Crippen molar-refractivity contribution in [1.29, 1.82) is 0 Å². The van der Waals surface area contributed by atoms with E-state index in [9.17, 15) is 14.7 Å². The molecule has 1 heterocycles. The van der Waals surface area contributed by atoms with Crippen LogP contribution in [0, 0.1) is 5.92 Å². The van der Waals surface area contributed by atoms with E-state index < -0.39 is 16.6 Å². The van der Waals surface area contributed by atoms with Gasteiger partial charge in [-0.25, -0.2) is 0 Å². The fourth-order valence-electron chi connectivity index (χ4n) is 4.55. The van der Waals surface area contributed by atoms with Gasteiger partial charge in [0.15, 0.2) is 0 Å². The van der Waals surface area contributed by atoms with Crippen LogP contribution >= 0.6 is 11.8 Å². The molecule has 0 aromatic heterocycles. The van der Waals surface area contributed by atoms with Gasteiger partial charge in [-0.15, -0.1) is 11.8 Å². The van der Waals surface area contributed by atoms with E-state index in [1.165, 1.54) is 6.08 Å². The molecule has 1 amide bonds. The summed E-state index contributed by atoms with van der Waals surface area (Å²) in [5, 5.41) is 9.36. The number of hydrogen-bond acceptors (Lipinski definition) is 5. The Bertz CT molecular complexity index is 1040. The Morgan fingerprint density at radius 1 is 0.943 bits per heavy atom. The van der Waals surface area contributed by atoms with Gasteiger partial charge in [0.25, 0.3) is 0 Å². The van der Waals surface area contributed by atoms with Crippen LogP contribution in [-0.2, 0) is 19.1 Å². The molecule has 35 heavy (non-hydrogen) atoms. The summed E-state index contributed by atoms with van der Waals surface area (Å²) >= 11 is 1.63. The zero-order valence-corrected chi connectivity index (χ0v) is 20.3. The zero-order chi connectivity index (χ0) is 24.7. The van der Waals surface area contributed by atoms with Crippen LogP contribution < -0.4 is 0 Å². The van der Waals surface area contributed by atoms with Gasteiger partial charge in [-0.05, 0) is 23.1 Å². The molecule has 5 nitrogen and oxygen atoms in total. The number of rotatable bonds is 11. The fraction of sp³-hybridized carbons (Fsp3) is 0.241. The highest BCUT2D eigenvalue weighted by molar-refractivity contribution is 8.01. The SMILES string of the molecule is C=CCOC(=O)CN1C(=O)[C@H](CCO)[C@H]1SC(c1ccccc1)(c1ccccc1)c1ccccc1. The predicted molar refractivity (Wildman–Crippen MR) is 139 cm³/mol. The third kappa shape index (κ3) is 5.04. The Morgan fingerprint density at radius 2 is 1.43 bits per heavy atom. The molecule has 1 fully saturated rings. The maximum atomic E-state index is 13.0. The Kier molecular flexibility index (Phi) is 8.06. The van der Waals surface area contributed by atoms with Crippen molar-refractivity contribution in [2.75, 3.05) is 19.8 Å². The number of β-lactam (4-membered cyclic amide) rings is 1. The average Bonchev–Trinajstić information content (AvgIpc) is 2.92. The van der Waals surface area contributed by atoms with Crippen LogP contribution in [0.3, 0.4) is 0 Å². The Morgan fingerprint density at radius 3 is 1.86 bits per heavy atom. The van der Waals surface area contributed by atoms with E-state index in [-0.39, 0.29) is 31.0 Å². The normalized spacial score (nSPS) is 17.5. The maximum Gasteiger partial charge on any atom is 0.325 e. The summed E-state index contributed by atoms with van der Waals surface area (Å²) in [6, 6.07) is 30.6. The topological polar surface area (TPSA) is 66.8 Å². The lowest BCUT2D eigenvalue weighted by Crippen LogP contribution is -2.62. The Balaban J connectivity index is 1.82. The van der Waals surface area contributed by atoms with E-state index in [1.807, 2.05) is 54.6 Å². The molecule has 0 saturated carbocycles. The van der Waals surface area contributed by atoms with Gasteiger partial charge in [0.2, 0.25) is 5.91 Å². The first-order valence-electron chi connectivity index (χ1n) is 11.6. The number of esters is 1. The number of amides is 1. The van der Waals surface area contributed by atoms with Crippen molar-refractivity contribution in [2.24, 2.45) is 5.92 Å². The van der Waals surface area contributed by atoms with Crippen LogP contribution in [-0.4, -0.2) is 47.0 Å². The number of carbonyl (C=O) groups is 2. The number of aliphatic hydroxyl groups excluding tert-OH is 1. The molecule has 0 spiro atoms. The Labute approximate surface area is 210 Å². The number of carbonyl (C=O) groups excluding carboxylic acids is 2. The number of benzene rings is 3. The first kappa shape index (κ1) is 24.8. The van der Waals surface area contributed by atoms with Crippen molar-refractivity contribution >= 4 is 23.6 Å². The number of nitrogens with zero attached hydrogens (tertiary/aromatic N) is 1. The molecule has 1 aliphatic rings. The summed E-state index contributed by atoms with van der Waals surface area (Å²) in [5.74, 6) is -1.01. The molecule has 1 aliphatic heterocycles. The largest absolute Gasteiger partial charge is 0.460 e. The van der Waals surface area contributed by atoms with E-state index in [0.29, 0.717) is 6.42 Å². The van der Waals surface area contributed by atoms with Crippen LogP contribution in [0.15, 0.2) is 104 Å². The molecule has 0 bridgehead atoms. The molecule has 0 radical (unpaired) electrons. The molecule has 0 unspecified atom stereocenters. The number of ether oxygens (including phenoxy) is 1. The summed E-state index contributed by atoms with van der Waals surface area (Å²) in [6.45, 7) is 3.43.